The molecule has 2 saturated heterocycles. The van der Waals surface area contributed by atoms with Crippen molar-refractivity contribution < 1.29 is 55.1 Å². The SMILES string of the molecule is OCC1O[C@@H](O[C@H]2C(O)C(O)C(O)O[C@@H]2CO)C(O)[C@@H](O)[C@H]1O. The van der Waals surface area contributed by atoms with Crippen LogP contribution in [0, 0.1) is 0 Å². The van der Waals surface area contributed by atoms with Gasteiger partial charge in [-0.05, 0) is 0 Å². The first-order valence-corrected chi connectivity index (χ1v) is 7.08. The van der Waals surface area contributed by atoms with Crippen LogP contribution < -0.4 is 0 Å². The largest absolute Gasteiger partial charge is 0.394 e. The van der Waals surface area contributed by atoms with Crippen LogP contribution in [0.25, 0.3) is 0 Å². The summed E-state index contributed by atoms with van der Waals surface area (Å²) in [7, 11) is 0. The summed E-state index contributed by atoms with van der Waals surface area (Å²) in [5.74, 6) is 0. The number of aliphatic hydroxyl groups is 8. The van der Waals surface area contributed by atoms with Crippen LogP contribution in [0.2, 0.25) is 0 Å². The molecule has 10 atom stereocenters. The van der Waals surface area contributed by atoms with Gasteiger partial charge in [0.1, 0.15) is 48.8 Å². The van der Waals surface area contributed by atoms with E-state index in [-0.39, 0.29) is 0 Å². The van der Waals surface area contributed by atoms with Crippen LogP contribution in [0.4, 0.5) is 0 Å². The molecule has 0 aliphatic carbocycles. The molecule has 11 heteroatoms. The molecular weight excluding hydrogens is 320 g/mol. The van der Waals surface area contributed by atoms with Crippen molar-refractivity contribution in [1.29, 1.82) is 0 Å². The van der Waals surface area contributed by atoms with E-state index in [1.165, 1.54) is 0 Å². The van der Waals surface area contributed by atoms with E-state index in [1.54, 1.807) is 0 Å². The van der Waals surface area contributed by atoms with E-state index in [0.717, 1.165) is 0 Å². The fraction of sp³-hybridized carbons (Fsp3) is 1.00. The minimum atomic E-state index is -1.74. The van der Waals surface area contributed by atoms with Crippen molar-refractivity contribution in [2.45, 2.75) is 61.4 Å². The summed E-state index contributed by atoms with van der Waals surface area (Å²) in [5, 5.41) is 76.5. The van der Waals surface area contributed by atoms with Crippen LogP contribution in [0.1, 0.15) is 0 Å². The Labute approximate surface area is 130 Å². The molecule has 0 saturated carbocycles. The van der Waals surface area contributed by atoms with Gasteiger partial charge in [0.25, 0.3) is 0 Å². The van der Waals surface area contributed by atoms with E-state index < -0.39 is 74.6 Å². The molecule has 0 aromatic rings. The quantitative estimate of drug-likeness (QED) is 0.243. The first-order valence-electron chi connectivity index (χ1n) is 7.08. The minimum absolute atomic E-state index is 0.667. The first kappa shape index (κ1) is 18.9. The Kier molecular flexibility index (Phi) is 6.27. The molecule has 0 bridgehead atoms. The maximum Gasteiger partial charge on any atom is 0.187 e. The lowest BCUT2D eigenvalue weighted by Gasteiger charge is -2.45. The maximum atomic E-state index is 9.94. The van der Waals surface area contributed by atoms with Crippen molar-refractivity contribution in [2.24, 2.45) is 0 Å². The first-order chi connectivity index (χ1) is 10.8. The van der Waals surface area contributed by atoms with Crippen molar-refractivity contribution in [1.82, 2.24) is 0 Å². The van der Waals surface area contributed by atoms with Gasteiger partial charge in [0.2, 0.25) is 0 Å². The molecule has 23 heavy (non-hydrogen) atoms. The molecule has 0 amide bonds. The lowest BCUT2D eigenvalue weighted by molar-refractivity contribution is -0.355. The van der Waals surface area contributed by atoms with Crippen molar-refractivity contribution in [3.8, 4) is 0 Å². The van der Waals surface area contributed by atoms with E-state index in [9.17, 15) is 35.7 Å². The summed E-state index contributed by atoms with van der Waals surface area (Å²) in [6.45, 7) is -1.35. The van der Waals surface area contributed by atoms with E-state index in [2.05, 4.69) is 0 Å². The Bertz CT molecular complexity index is 378. The van der Waals surface area contributed by atoms with Crippen molar-refractivity contribution in [2.75, 3.05) is 13.2 Å². The summed E-state index contributed by atoms with van der Waals surface area (Å²) in [6.07, 6.45) is -15.6. The summed E-state index contributed by atoms with van der Waals surface area (Å²) < 4.78 is 15.3. The Morgan fingerprint density at radius 3 is 1.83 bits per heavy atom. The third-order valence-electron chi connectivity index (χ3n) is 3.98. The summed E-state index contributed by atoms with van der Waals surface area (Å²) in [6, 6.07) is 0. The fourth-order valence-corrected chi connectivity index (χ4v) is 2.57. The number of hydrogen-bond acceptors (Lipinski definition) is 11. The third kappa shape index (κ3) is 3.65. The van der Waals surface area contributed by atoms with Gasteiger partial charge in [0.15, 0.2) is 12.6 Å². The summed E-state index contributed by atoms with van der Waals surface area (Å²) >= 11 is 0. The van der Waals surface area contributed by atoms with Crippen molar-refractivity contribution >= 4 is 0 Å². The molecule has 0 spiro atoms. The predicted molar refractivity (Wildman–Crippen MR) is 68.6 cm³/mol. The van der Waals surface area contributed by atoms with Gasteiger partial charge in [0, 0.05) is 0 Å². The molecule has 8 N–H and O–H groups in total. The predicted octanol–water partition coefficient (Wildman–Crippen LogP) is -5.40. The van der Waals surface area contributed by atoms with Crippen LogP contribution in [-0.4, -0.2) is 115 Å². The lowest BCUT2D eigenvalue weighted by atomic mass is 9.97. The van der Waals surface area contributed by atoms with Crippen LogP contribution in [-0.2, 0) is 14.2 Å². The van der Waals surface area contributed by atoms with E-state index in [4.69, 9.17) is 19.3 Å². The summed E-state index contributed by atoms with van der Waals surface area (Å²) in [5.41, 5.74) is 0. The van der Waals surface area contributed by atoms with Crippen LogP contribution in [0.3, 0.4) is 0 Å². The molecule has 5 unspecified atom stereocenters. The zero-order valence-corrected chi connectivity index (χ0v) is 12.0. The molecular formula is C12H22O11. The lowest BCUT2D eigenvalue weighted by Crippen LogP contribution is -2.64. The molecule has 2 rings (SSSR count). The minimum Gasteiger partial charge on any atom is -0.394 e. The van der Waals surface area contributed by atoms with Gasteiger partial charge in [-0.15, -0.1) is 0 Å². The Hall–Kier alpha value is -0.440. The molecule has 136 valence electrons. The second-order valence-corrected chi connectivity index (χ2v) is 5.53. The number of hydrogen-bond donors (Lipinski definition) is 8. The molecule has 2 aliphatic heterocycles. The topological polar surface area (TPSA) is 190 Å². The molecule has 11 nitrogen and oxygen atoms in total. The highest BCUT2D eigenvalue weighted by atomic mass is 16.7. The average Bonchev–Trinajstić information content (AvgIpc) is 2.55. The third-order valence-corrected chi connectivity index (χ3v) is 3.98. The zero-order valence-electron chi connectivity index (χ0n) is 12.0. The van der Waals surface area contributed by atoms with Gasteiger partial charge in [0.05, 0.1) is 13.2 Å². The Morgan fingerprint density at radius 1 is 0.652 bits per heavy atom. The monoisotopic (exact) mass is 342 g/mol. The van der Waals surface area contributed by atoms with Gasteiger partial charge in [-0.2, -0.15) is 0 Å². The second-order valence-electron chi connectivity index (χ2n) is 5.53. The molecule has 2 fully saturated rings. The standard InChI is InChI=1S/C12H22O11/c13-1-3-5(15)6(16)9(19)12(22-3)23-10-4(2-14)21-11(20)8(18)7(10)17/h3-20H,1-2H2/t3?,4-,5+,6+,7?,8?,9?,10-,11?,12+/m1/s1. The zero-order chi connectivity index (χ0) is 17.3. The van der Waals surface area contributed by atoms with E-state index >= 15 is 0 Å². The van der Waals surface area contributed by atoms with Crippen LogP contribution >= 0.6 is 0 Å². The highest BCUT2D eigenvalue weighted by Gasteiger charge is 2.50. The Morgan fingerprint density at radius 2 is 1.26 bits per heavy atom. The van der Waals surface area contributed by atoms with Gasteiger partial charge in [-0.3, -0.25) is 0 Å². The normalized spacial score (nSPS) is 51.7. The Balaban J connectivity index is 2.11. The molecule has 0 radical (unpaired) electrons. The maximum absolute atomic E-state index is 9.94. The van der Waals surface area contributed by atoms with E-state index in [1.807, 2.05) is 0 Å². The van der Waals surface area contributed by atoms with Crippen LogP contribution in [0.5, 0.6) is 0 Å². The van der Waals surface area contributed by atoms with Crippen molar-refractivity contribution in [3.63, 3.8) is 0 Å². The van der Waals surface area contributed by atoms with Gasteiger partial charge in [-0.1, -0.05) is 0 Å². The highest BCUT2D eigenvalue weighted by molar-refractivity contribution is 4.93. The molecule has 2 heterocycles. The number of ether oxygens (including phenoxy) is 3. The highest BCUT2D eigenvalue weighted by Crippen LogP contribution is 2.28. The molecule has 2 aliphatic rings. The smallest absolute Gasteiger partial charge is 0.187 e. The van der Waals surface area contributed by atoms with E-state index in [0.29, 0.717) is 0 Å². The fourth-order valence-electron chi connectivity index (χ4n) is 2.57. The average molecular weight is 342 g/mol. The van der Waals surface area contributed by atoms with Gasteiger partial charge >= 0.3 is 0 Å². The van der Waals surface area contributed by atoms with Gasteiger partial charge in [-0.25, -0.2) is 0 Å². The second kappa shape index (κ2) is 7.63. The number of aliphatic hydroxyl groups excluding tert-OH is 8. The van der Waals surface area contributed by atoms with Gasteiger partial charge < -0.3 is 55.1 Å². The summed E-state index contributed by atoms with van der Waals surface area (Å²) in [4.78, 5) is 0. The van der Waals surface area contributed by atoms with Crippen molar-refractivity contribution in [3.05, 3.63) is 0 Å². The molecule has 0 aromatic carbocycles. The molecule has 0 aromatic heterocycles. The number of rotatable bonds is 4. The van der Waals surface area contributed by atoms with Crippen LogP contribution in [0.15, 0.2) is 0 Å².